The highest BCUT2D eigenvalue weighted by atomic mass is 16.5. The third-order valence-electron chi connectivity index (χ3n) is 8.34. The van der Waals surface area contributed by atoms with Gasteiger partial charge in [0.25, 0.3) is 0 Å². The number of ketones is 2. The molecule has 4 aliphatic rings. The largest absolute Gasteiger partial charge is 0.458 e. The van der Waals surface area contributed by atoms with E-state index < -0.39 is 0 Å². The topological polar surface area (TPSA) is 60.4 Å². The highest BCUT2D eigenvalue weighted by Crippen LogP contribution is 2.67. The van der Waals surface area contributed by atoms with Crippen molar-refractivity contribution < 1.29 is 19.1 Å². The van der Waals surface area contributed by atoms with Crippen molar-refractivity contribution in [2.24, 2.45) is 34.5 Å². The number of esters is 1. The fourth-order valence-electron chi connectivity index (χ4n) is 7.08. The molecule has 4 heteroatoms. The highest BCUT2D eigenvalue weighted by Gasteiger charge is 2.60. The Labute approximate surface area is 161 Å². The highest BCUT2D eigenvalue weighted by molar-refractivity contribution is 6.01. The summed E-state index contributed by atoms with van der Waals surface area (Å²) in [6.07, 6.45) is 12.0. The first-order chi connectivity index (χ1) is 12.8. The van der Waals surface area contributed by atoms with Gasteiger partial charge in [0.15, 0.2) is 11.6 Å². The maximum Gasteiger partial charge on any atom is 0.303 e. The van der Waals surface area contributed by atoms with E-state index in [1.54, 1.807) is 6.08 Å². The predicted molar refractivity (Wildman–Crippen MR) is 102 cm³/mol. The van der Waals surface area contributed by atoms with Gasteiger partial charge in [-0.25, -0.2) is 0 Å². The van der Waals surface area contributed by atoms with Crippen LogP contribution in [0.15, 0.2) is 23.8 Å². The SMILES string of the molecule is CC(=O)OCC(=O)C1CCC2C1CCC1C3(C)C=CC(=O)C=C3CCC21C. The Kier molecular flexibility index (Phi) is 4.44. The van der Waals surface area contributed by atoms with Gasteiger partial charge in [-0.2, -0.15) is 0 Å². The third-order valence-corrected chi connectivity index (χ3v) is 8.34. The fourth-order valence-corrected chi connectivity index (χ4v) is 7.08. The molecule has 3 saturated carbocycles. The van der Waals surface area contributed by atoms with Crippen LogP contribution in [-0.4, -0.2) is 24.1 Å². The van der Waals surface area contributed by atoms with E-state index in [0.717, 1.165) is 38.5 Å². The summed E-state index contributed by atoms with van der Waals surface area (Å²) in [5, 5.41) is 0. The molecule has 0 radical (unpaired) electrons. The Balaban J connectivity index is 1.57. The van der Waals surface area contributed by atoms with E-state index in [9.17, 15) is 14.4 Å². The summed E-state index contributed by atoms with van der Waals surface area (Å²) in [5.41, 5.74) is 1.48. The monoisotopic (exact) mass is 370 g/mol. The van der Waals surface area contributed by atoms with Crippen molar-refractivity contribution in [1.82, 2.24) is 0 Å². The maximum atomic E-state index is 12.7. The number of hydrogen-bond acceptors (Lipinski definition) is 4. The molecule has 0 N–H and O–H groups in total. The minimum absolute atomic E-state index is 0.0221. The molecule has 0 aliphatic heterocycles. The number of ether oxygens (including phenoxy) is 1. The number of carbonyl (C=O) groups excluding carboxylic acids is 3. The molecule has 27 heavy (non-hydrogen) atoms. The molecule has 0 aromatic rings. The van der Waals surface area contributed by atoms with E-state index >= 15 is 0 Å². The molecule has 146 valence electrons. The van der Waals surface area contributed by atoms with Gasteiger partial charge in [-0.15, -0.1) is 0 Å². The van der Waals surface area contributed by atoms with Crippen LogP contribution in [0.4, 0.5) is 0 Å². The lowest BCUT2D eigenvalue weighted by molar-refractivity contribution is -0.148. The Hall–Kier alpha value is -1.71. The molecule has 0 aromatic heterocycles. The minimum atomic E-state index is -0.383. The first-order valence-electron chi connectivity index (χ1n) is 10.4. The van der Waals surface area contributed by atoms with Crippen LogP contribution in [0.2, 0.25) is 0 Å². The maximum absolute atomic E-state index is 12.7. The van der Waals surface area contributed by atoms with Crippen LogP contribution in [0, 0.1) is 34.5 Å². The van der Waals surface area contributed by atoms with Gasteiger partial charge < -0.3 is 4.74 Å². The normalized spacial score (nSPS) is 42.6. The van der Waals surface area contributed by atoms with Gasteiger partial charge in [-0.05, 0) is 73.8 Å². The van der Waals surface area contributed by atoms with Gasteiger partial charge in [0.2, 0.25) is 0 Å². The van der Waals surface area contributed by atoms with E-state index in [4.69, 9.17) is 4.74 Å². The van der Waals surface area contributed by atoms with Crippen molar-refractivity contribution in [1.29, 1.82) is 0 Å². The first-order valence-corrected chi connectivity index (χ1v) is 10.4. The molecule has 6 atom stereocenters. The summed E-state index contributed by atoms with van der Waals surface area (Å²) in [5.74, 6) is 1.37. The van der Waals surface area contributed by atoms with Gasteiger partial charge in [-0.3, -0.25) is 14.4 Å². The van der Waals surface area contributed by atoms with Gasteiger partial charge in [0.1, 0.15) is 6.61 Å². The average molecular weight is 370 g/mol. The zero-order chi connectivity index (χ0) is 19.4. The van der Waals surface area contributed by atoms with Crippen molar-refractivity contribution >= 4 is 17.5 Å². The molecule has 0 aromatic carbocycles. The molecule has 0 heterocycles. The Morgan fingerprint density at radius 1 is 1.19 bits per heavy atom. The van der Waals surface area contributed by atoms with E-state index in [-0.39, 0.29) is 40.9 Å². The van der Waals surface area contributed by atoms with Gasteiger partial charge in [-0.1, -0.05) is 25.5 Å². The lowest BCUT2D eigenvalue weighted by Gasteiger charge is -2.60. The van der Waals surface area contributed by atoms with Crippen LogP contribution < -0.4 is 0 Å². The summed E-state index contributed by atoms with van der Waals surface area (Å²) >= 11 is 0. The standard InChI is InChI=1S/C23H30O4/c1-14(24)27-13-20(26)18-4-6-19-17(18)5-7-21-22(2)11-9-16(25)12-15(22)8-10-23(19,21)3/h9,11-12,17-19,21H,4-8,10,13H2,1-3H3. The van der Waals surface area contributed by atoms with Crippen LogP contribution in [0.25, 0.3) is 0 Å². The zero-order valence-electron chi connectivity index (χ0n) is 16.6. The predicted octanol–water partition coefficient (Wildman–Crippen LogP) is 4.04. The van der Waals surface area contributed by atoms with Crippen molar-refractivity contribution in [3.63, 3.8) is 0 Å². The Bertz CT molecular complexity index is 747. The van der Waals surface area contributed by atoms with Crippen LogP contribution in [-0.2, 0) is 19.1 Å². The Morgan fingerprint density at radius 3 is 2.70 bits per heavy atom. The molecular weight excluding hydrogens is 340 g/mol. The first kappa shape index (κ1) is 18.6. The fraction of sp³-hybridized carbons (Fsp3) is 0.696. The zero-order valence-corrected chi connectivity index (χ0v) is 16.6. The van der Waals surface area contributed by atoms with Gasteiger partial charge >= 0.3 is 5.97 Å². The van der Waals surface area contributed by atoms with Gasteiger partial charge in [0.05, 0.1) is 0 Å². The van der Waals surface area contributed by atoms with Crippen LogP contribution >= 0.6 is 0 Å². The van der Waals surface area contributed by atoms with Crippen molar-refractivity contribution in [2.75, 3.05) is 6.61 Å². The smallest absolute Gasteiger partial charge is 0.303 e. The molecule has 0 saturated heterocycles. The quantitative estimate of drug-likeness (QED) is 0.704. The number of fused-ring (bicyclic) bond motifs is 5. The summed E-state index contributed by atoms with van der Waals surface area (Å²) in [6.45, 7) is 6.02. The second kappa shape index (κ2) is 6.42. The van der Waals surface area contributed by atoms with Crippen molar-refractivity contribution in [2.45, 2.75) is 59.3 Å². The summed E-state index contributed by atoms with van der Waals surface area (Å²) in [7, 11) is 0. The van der Waals surface area contributed by atoms with E-state index in [2.05, 4.69) is 19.9 Å². The number of carbonyl (C=O) groups is 3. The molecule has 4 rings (SSSR count). The summed E-state index contributed by atoms with van der Waals surface area (Å²) in [4.78, 5) is 35.6. The number of rotatable bonds is 3. The molecule has 6 unspecified atom stereocenters. The second-order valence-electron chi connectivity index (χ2n) is 9.52. The van der Waals surface area contributed by atoms with Gasteiger partial charge in [0, 0.05) is 18.3 Å². The van der Waals surface area contributed by atoms with Crippen molar-refractivity contribution in [3.05, 3.63) is 23.8 Å². The lowest BCUT2D eigenvalue weighted by atomic mass is 9.44. The van der Waals surface area contributed by atoms with Crippen molar-refractivity contribution in [3.8, 4) is 0 Å². The van der Waals surface area contributed by atoms with Crippen LogP contribution in [0.1, 0.15) is 59.3 Å². The molecule has 3 fully saturated rings. The number of Topliss-reactive ketones (excluding diaryl/α,β-unsaturated/α-hetero) is 1. The number of allylic oxidation sites excluding steroid dienone is 4. The lowest BCUT2D eigenvalue weighted by Crippen LogP contribution is -2.53. The van der Waals surface area contributed by atoms with E-state index in [1.807, 2.05) is 6.08 Å². The molecule has 0 spiro atoms. The van der Waals surface area contributed by atoms with E-state index in [1.165, 1.54) is 12.5 Å². The Morgan fingerprint density at radius 2 is 1.96 bits per heavy atom. The second-order valence-corrected chi connectivity index (χ2v) is 9.52. The van der Waals surface area contributed by atoms with Crippen LogP contribution in [0.3, 0.4) is 0 Å². The minimum Gasteiger partial charge on any atom is -0.458 e. The molecule has 0 bridgehead atoms. The molecule has 4 nitrogen and oxygen atoms in total. The molecular formula is C23H30O4. The molecule has 4 aliphatic carbocycles. The summed E-state index contributed by atoms with van der Waals surface area (Å²) < 4.78 is 4.99. The summed E-state index contributed by atoms with van der Waals surface area (Å²) in [6, 6.07) is 0. The van der Waals surface area contributed by atoms with Crippen LogP contribution in [0.5, 0.6) is 0 Å². The molecule has 0 amide bonds. The number of hydrogen-bond donors (Lipinski definition) is 0. The average Bonchev–Trinajstić information content (AvgIpc) is 3.06. The van der Waals surface area contributed by atoms with E-state index in [0.29, 0.717) is 17.8 Å². The third kappa shape index (κ3) is 2.83.